The fourth-order valence-electron chi connectivity index (χ4n) is 4.72. The van der Waals surface area contributed by atoms with Crippen molar-refractivity contribution in [3.63, 3.8) is 0 Å². The molecular weight excluding hydrogens is 232 g/mol. The fourth-order valence-corrected chi connectivity index (χ4v) is 4.72. The van der Waals surface area contributed by atoms with Gasteiger partial charge in [-0.1, -0.05) is 26.7 Å². The second-order valence-corrected chi connectivity index (χ2v) is 7.32. The smallest absolute Gasteiger partial charge is 0.0224 e. The summed E-state index contributed by atoms with van der Waals surface area (Å²) in [5.74, 6) is 0.970. The first-order chi connectivity index (χ1) is 9.28. The number of nitrogens with zero attached hydrogens (tertiary/aromatic N) is 2. The average molecular weight is 264 g/mol. The fraction of sp³-hybridized carbons (Fsp3) is 1.00. The van der Waals surface area contributed by atoms with E-state index >= 15 is 0 Å². The summed E-state index contributed by atoms with van der Waals surface area (Å²) in [6.07, 6.45) is 11.6. The van der Waals surface area contributed by atoms with Crippen molar-refractivity contribution in [1.29, 1.82) is 0 Å². The average Bonchev–Trinajstić information content (AvgIpc) is 2.77. The van der Waals surface area contributed by atoms with Gasteiger partial charge in [-0.3, -0.25) is 9.80 Å². The van der Waals surface area contributed by atoms with E-state index in [2.05, 4.69) is 23.6 Å². The first-order valence-corrected chi connectivity index (χ1v) is 8.77. The maximum atomic E-state index is 2.94. The summed E-state index contributed by atoms with van der Waals surface area (Å²) in [6, 6.07) is 2.63. The van der Waals surface area contributed by atoms with Crippen LogP contribution in [-0.2, 0) is 0 Å². The van der Waals surface area contributed by atoms with E-state index in [0.717, 1.165) is 24.0 Å². The molecule has 0 bridgehead atoms. The van der Waals surface area contributed by atoms with Gasteiger partial charge in [0.15, 0.2) is 0 Å². The van der Waals surface area contributed by atoms with Gasteiger partial charge in [-0.05, 0) is 51.0 Å². The molecule has 3 aliphatic rings. The van der Waals surface area contributed by atoms with Crippen LogP contribution in [0, 0.1) is 5.92 Å². The van der Waals surface area contributed by atoms with E-state index in [-0.39, 0.29) is 0 Å². The quantitative estimate of drug-likeness (QED) is 0.704. The van der Waals surface area contributed by atoms with Crippen LogP contribution in [0.2, 0.25) is 0 Å². The highest BCUT2D eigenvalue weighted by Gasteiger charge is 2.38. The summed E-state index contributed by atoms with van der Waals surface area (Å²) >= 11 is 0. The lowest BCUT2D eigenvalue weighted by atomic mass is 9.97. The van der Waals surface area contributed by atoms with Crippen molar-refractivity contribution in [3.8, 4) is 0 Å². The largest absolute Gasteiger partial charge is 0.298 e. The molecule has 0 spiro atoms. The van der Waals surface area contributed by atoms with Crippen molar-refractivity contribution in [2.45, 2.75) is 83.3 Å². The summed E-state index contributed by atoms with van der Waals surface area (Å²) in [6.45, 7) is 8.95. The summed E-state index contributed by atoms with van der Waals surface area (Å²) in [7, 11) is 0. The first kappa shape index (κ1) is 13.9. The Hall–Kier alpha value is -0.0800. The third-order valence-electron chi connectivity index (χ3n) is 6.00. The van der Waals surface area contributed by atoms with Crippen LogP contribution in [-0.4, -0.2) is 47.6 Å². The highest BCUT2D eigenvalue weighted by atomic mass is 15.3. The summed E-state index contributed by atoms with van der Waals surface area (Å²) in [5, 5.41) is 0. The van der Waals surface area contributed by atoms with Gasteiger partial charge in [0.05, 0.1) is 0 Å². The summed E-state index contributed by atoms with van der Waals surface area (Å²) in [4.78, 5) is 5.72. The maximum absolute atomic E-state index is 2.94. The van der Waals surface area contributed by atoms with Crippen molar-refractivity contribution in [1.82, 2.24) is 9.80 Å². The second-order valence-electron chi connectivity index (χ2n) is 7.32. The summed E-state index contributed by atoms with van der Waals surface area (Å²) in [5.41, 5.74) is 0. The molecule has 0 aromatic carbocycles. The van der Waals surface area contributed by atoms with Crippen LogP contribution in [0.1, 0.15) is 65.2 Å². The van der Waals surface area contributed by atoms with Gasteiger partial charge in [0.25, 0.3) is 0 Å². The molecule has 3 fully saturated rings. The van der Waals surface area contributed by atoms with E-state index in [9.17, 15) is 0 Å². The first-order valence-electron chi connectivity index (χ1n) is 8.77. The van der Waals surface area contributed by atoms with Gasteiger partial charge in [-0.15, -0.1) is 0 Å². The zero-order chi connectivity index (χ0) is 13.2. The van der Waals surface area contributed by atoms with Crippen molar-refractivity contribution in [2.75, 3.05) is 19.6 Å². The van der Waals surface area contributed by atoms with Crippen LogP contribution < -0.4 is 0 Å². The van der Waals surface area contributed by atoms with Crippen LogP contribution in [0.3, 0.4) is 0 Å². The van der Waals surface area contributed by atoms with Gasteiger partial charge in [-0.25, -0.2) is 0 Å². The van der Waals surface area contributed by atoms with Crippen LogP contribution in [0.5, 0.6) is 0 Å². The third kappa shape index (κ3) is 3.00. The standard InChI is InChI=1S/C17H32N2/c1-3-15-12-18-11-5-8-17(18)13-19(15)16-7-4-6-14(2)9-10-16/h14-17H,3-13H2,1-2H3. The van der Waals surface area contributed by atoms with Crippen LogP contribution in [0.25, 0.3) is 0 Å². The molecule has 3 rings (SSSR count). The van der Waals surface area contributed by atoms with E-state index in [0.29, 0.717) is 0 Å². The monoisotopic (exact) mass is 264 g/mol. The molecule has 2 aliphatic heterocycles. The zero-order valence-electron chi connectivity index (χ0n) is 13.0. The van der Waals surface area contributed by atoms with Crippen LogP contribution in [0.15, 0.2) is 0 Å². The van der Waals surface area contributed by atoms with E-state index in [1.807, 2.05) is 0 Å². The number of fused-ring (bicyclic) bond motifs is 1. The molecule has 2 heterocycles. The molecule has 2 nitrogen and oxygen atoms in total. The second kappa shape index (κ2) is 6.13. The van der Waals surface area contributed by atoms with Crippen LogP contribution >= 0.6 is 0 Å². The molecule has 0 aromatic rings. The van der Waals surface area contributed by atoms with Gasteiger partial charge in [0, 0.05) is 31.2 Å². The molecule has 4 atom stereocenters. The molecule has 2 saturated heterocycles. The molecule has 110 valence electrons. The maximum Gasteiger partial charge on any atom is 0.0224 e. The number of hydrogen-bond acceptors (Lipinski definition) is 2. The van der Waals surface area contributed by atoms with Gasteiger partial charge in [-0.2, -0.15) is 0 Å². The van der Waals surface area contributed by atoms with Gasteiger partial charge in [0.2, 0.25) is 0 Å². The lowest BCUT2D eigenvalue weighted by Gasteiger charge is -2.47. The Labute approximate surface area is 119 Å². The predicted octanol–water partition coefficient (Wildman–Crippen LogP) is 3.51. The number of rotatable bonds is 2. The molecule has 0 radical (unpaired) electrons. The van der Waals surface area contributed by atoms with Crippen LogP contribution in [0.4, 0.5) is 0 Å². The van der Waals surface area contributed by atoms with Crippen molar-refractivity contribution >= 4 is 0 Å². The highest BCUT2D eigenvalue weighted by molar-refractivity contribution is 4.94. The van der Waals surface area contributed by atoms with Gasteiger partial charge >= 0.3 is 0 Å². The van der Waals surface area contributed by atoms with E-state index < -0.39 is 0 Å². The summed E-state index contributed by atoms with van der Waals surface area (Å²) < 4.78 is 0. The lowest BCUT2D eigenvalue weighted by Crippen LogP contribution is -2.58. The SMILES string of the molecule is CCC1CN2CCCC2CN1C1CCCC(C)CC1. The third-order valence-corrected chi connectivity index (χ3v) is 6.00. The molecule has 4 unspecified atom stereocenters. The molecular formula is C17H32N2. The Morgan fingerprint density at radius 1 is 0.895 bits per heavy atom. The zero-order valence-corrected chi connectivity index (χ0v) is 13.0. The van der Waals surface area contributed by atoms with E-state index in [1.165, 1.54) is 71.0 Å². The molecule has 0 N–H and O–H groups in total. The number of hydrogen-bond donors (Lipinski definition) is 0. The Bertz CT molecular complexity index is 291. The Kier molecular flexibility index (Phi) is 4.48. The predicted molar refractivity (Wildman–Crippen MR) is 81.4 cm³/mol. The van der Waals surface area contributed by atoms with Gasteiger partial charge in [0.1, 0.15) is 0 Å². The molecule has 1 saturated carbocycles. The van der Waals surface area contributed by atoms with Crippen molar-refractivity contribution < 1.29 is 0 Å². The minimum atomic E-state index is 0.841. The minimum absolute atomic E-state index is 0.841. The Balaban J connectivity index is 1.66. The van der Waals surface area contributed by atoms with Gasteiger partial charge < -0.3 is 0 Å². The van der Waals surface area contributed by atoms with E-state index in [4.69, 9.17) is 0 Å². The van der Waals surface area contributed by atoms with E-state index in [1.54, 1.807) is 0 Å². The normalized spacial score (nSPS) is 42.0. The Morgan fingerprint density at radius 2 is 1.74 bits per heavy atom. The lowest BCUT2D eigenvalue weighted by molar-refractivity contribution is 0.0134. The molecule has 0 amide bonds. The topological polar surface area (TPSA) is 6.48 Å². The van der Waals surface area contributed by atoms with Crippen molar-refractivity contribution in [3.05, 3.63) is 0 Å². The molecule has 19 heavy (non-hydrogen) atoms. The molecule has 2 heteroatoms. The Morgan fingerprint density at radius 3 is 2.58 bits per heavy atom. The molecule has 1 aliphatic carbocycles. The van der Waals surface area contributed by atoms with Crippen molar-refractivity contribution in [2.24, 2.45) is 5.92 Å². The minimum Gasteiger partial charge on any atom is -0.298 e. The highest BCUT2D eigenvalue weighted by Crippen LogP contribution is 2.32. The molecule has 0 aromatic heterocycles. The number of piperazine rings is 1.